The molecule has 5 nitrogen and oxygen atoms in total. The van der Waals surface area contributed by atoms with Crippen molar-refractivity contribution >= 4 is 29.9 Å². The lowest BCUT2D eigenvalue weighted by Crippen LogP contribution is -2.41. The van der Waals surface area contributed by atoms with Gasteiger partial charge in [0, 0.05) is 31.9 Å². The molecule has 0 saturated heterocycles. The van der Waals surface area contributed by atoms with Crippen LogP contribution >= 0.6 is 24.0 Å². The maximum Gasteiger partial charge on any atom is 0.213 e. The highest BCUT2D eigenvalue weighted by Crippen LogP contribution is 2.09. The van der Waals surface area contributed by atoms with E-state index in [2.05, 4.69) is 34.5 Å². The number of aliphatic imine (C=N–C) groups is 1. The second kappa shape index (κ2) is 10.6. The molecule has 1 heterocycles. The molecule has 0 aliphatic heterocycles. The standard InChI is InChI=1S/C15H26N4O.HI/c1-6-12(4)19-15(16-5)18-10-13-7-8-14(17-9-13)20-11(2)3;/h7-9,11-12H,6,10H2,1-5H3,(H2,16,18,19);1H. The van der Waals surface area contributed by atoms with Gasteiger partial charge in [0.25, 0.3) is 0 Å². The molecule has 1 aromatic rings. The van der Waals surface area contributed by atoms with Crippen molar-refractivity contribution in [2.75, 3.05) is 7.05 Å². The van der Waals surface area contributed by atoms with Crippen LogP contribution in [0.25, 0.3) is 0 Å². The molecule has 1 aromatic heterocycles. The molecule has 1 rings (SSSR count). The lowest BCUT2D eigenvalue weighted by molar-refractivity contribution is 0.232. The summed E-state index contributed by atoms with van der Waals surface area (Å²) in [6.45, 7) is 8.93. The summed E-state index contributed by atoms with van der Waals surface area (Å²) >= 11 is 0. The van der Waals surface area contributed by atoms with E-state index in [9.17, 15) is 0 Å². The Morgan fingerprint density at radius 1 is 1.33 bits per heavy atom. The second-order valence-corrected chi connectivity index (χ2v) is 5.05. The van der Waals surface area contributed by atoms with Crippen LogP contribution < -0.4 is 15.4 Å². The Morgan fingerprint density at radius 2 is 2.05 bits per heavy atom. The van der Waals surface area contributed by atoms with E-state index in [1.807, 2.05) is 32.2 Å². The number of hydrogen-bond donors (Lipinski definition) is 2. The van der Waals surface area contributed by atoms with Gasteiger partial charge in [0.1, 0.15) is 0 Å². The van der Waals surface area contributed by atoms with Crippen LogP contribution in [0.4, 0.5) is 0 Å². The quantitative estimate of drug-likeness (QED) is 0.433. The highest BCUT2D eigenvalue weighted by Gasteiger charge is 2.03. The van der Waals surface area contributed by atoms with Gasteiger partial charge in [-0.3, -0.25) is 4.99 Å². The fourth-order valence-corrected chi connectivity index (χ4v) is 1.54. The molecule has 0 saturated carbocycles. The zero-order chi connectivity index (χ0) is 15.0. The second-order valence-electron chi connectivity index (χ2n) is 5.05. The zero-order valence-corrected chi connectivity index (χ0v) is 15.8. The molecule has 0 aromatic carbocycles. The summed E-state index contributed by atoms with van der Waals surface area (Å²) in [4.78, 5) is 8.47. The molecule has 0 radical (unpaired) electrons. The molecule has 2 N–H and O–H groups in total. The maximum atomic E-state index is 5.52. The van der Waals surface area contributed by atoms with Crippen molar-refractivity contribution in [3.63, 3.8) is 0 Å². The summed E-state index contributed by atoms with van der Waals surface area (Å²) < 4.78 is 5.52. The number of nitrogens with one attached hydrogen (secondary N) is 2. The number of nitrogens with zero attached hydrogens (tertiary/aromatic N) is 2. The lowest BCUT2D eigenvalue weighted by Gasteiger charge is -2.16. The first-order chi connectivity index (χ1) is 9.55. The first-order valence-corrected chi connectivity index (χ1v) is 7.13. The van der Waals surface area contributed by atoms with Crippen LogP contribution in [0.15, 0.2) is 23.3 Å². The fraction of sp³-hybridized carbons (Fsp3) is 0.600. The van der Waals surface area contributed by atoms with Crippen LogP contribution in [-0.4, -0.2) is 30.1 Å². The number of aromatic nitrogens is 1. The molecule has 1 unspecified atom stereocenters. The Bertz CT molecular complexity index is 420. The number of pyridine rings is 1. The Balaban J connectivity index is 0.00000400. The predicted octanol–water partition coefficient (Wildman–Crippen LogP) is 2.95. The number of rotatable bonds is 6. The van der Waals surface area contributed by atoms with Crippen LogP contribution in [0, 0.1) is 0 Å². The summed E-state index contributed by atoms with van der Waals surface area (Å²) in [5.74, 6) is 1.47. The fourth-order valence-electron chi connectivity index (χ4n) is 1.54. The Kier molecular flexibility index (Phi) is 10.1. The molecule has 0 spiro atoms. The largest absolute Gasteiger partial charge is 0.475 e. The monoisotopic (exact) mass is 406 g/mol. The van der Waals surface area contributed by atoms with Gasteiger partial charge in [-0.15, -0.1) is 24.0 Å². The molecule has 0 bridgehead atoms. The van der Waals surface area contributed by atoms with Crippen LogP contribution in [0.3, 0.4) is 0 Å². The van der Waals surface area contributed by atoms with E-state index < -0.39 is 0 Å². The molecule has 120 valence electrons. The van der Waals surface area contributed by atoms with Gasteiger partial charge in [-0.2, -0.15) is 0 Å². The van der Waals surface area contributed by atoms with Crippen LogP contribution in [-0.2, 0) is 6.54 Å². The van der Waals surface area contributed by atoms with E-state index in [0.717, 1.165) is 17.9 Å². The zero-order valence-electron chi connectivity index (χ0n) is 13.5. The molecule has 0 amide bonds. The van der Waals surface area contributed by atoms with Crippen molar-refractivity contribution in [3.05, 3.63) is 23.9 Å². The normalized spacial score (nSPS) is 12.6. The number of guanidine groups is 1. The van der Waals surface area contributed by atoms with Crippen LogP contribution in [0.2, 0.25) is 0 Å². The van der Waals surface area contributed by atoms with Crippen molar-refractivity contribution in [2.45, 2.75) is 52.8 Å². The Hall–Kier alpha value is -1.05. The molecule has 0 aliphatic rings. The molecule has 21 heavy (non-hydrogen) atoms. The van der Waals surface area contributed by atoms with Crippen molar-refractivity contribution in [2.24, 2.45) is 4.99 Å². The molecule has 0 aliphatic carbocycles. The van der Waals surface area contributed by atoms with E-state index in [-0.39, 0.29) is 30.1 Å². The minimum atomic E-state index is 0. The van der Waals surface area contributed by atoms with Crippen molar-refractivity contribution < 1.29 is 4.74 Å². The first kappa shape index (κ1) is 19.9. The highest BCUT2D eigenvalue weighted by molar-refractivity contribution is 14.0. The van der Waals surface area contributed by atoms with Gasteiger partial charge >= 0.3 is 0 Å². The molecule has 6 heteroatoms. The Labute approximate surface area is 145 Å². The summed E-state index contributed by atoms with van der Waals surface area (Å²) in [7, 11) is 1.77. The number of halogens is 1. The van der Waals surface area contributed by atoms with E-state index in [1.165, 1.54) is 0 Å². The third-order valence-corrected chi connectivity index (χ3v) is 2.83. The maximum absolute atomic E-state index is 5.52. The Morgan fingerprint density at radius 3 is 2.52 bits per heavy atom. The van der Waals surface area contributed by atoms with Crippen molar-refractivity contribution in [1.29, 1.82) is 0 Å². The van der Waals surface area contributed by atoms with Gasteiger partial charge in [0.15, 0.2) is 5.96 Å². The summed E-state index contributed by atoms with van der Waals surface area (Å²) in [5, 5.41) is 6.59. The van der Waals surface area contributed by atoms with Crippen LogP contribution in [0.1, 0.15) is 39.7 Å². The average Bonchev–Trinajstić information content (AvgIpc) is 2.44. The van der Waals surface area contributed by atoms with Gasteiger partial charge in [-0.05, 0) is 32.8 Å². The van der Waals surface area contributed by atoms with Gasteiger partial charge in [-0.25, -0.2) is 4.98 Å². The topological polar surface area (TPSA) is 58.5 Å². The van der Waals surface area contributed by atoms with E-state index in [1.54, 1.807) is 7.05 Å². The predicted molar refractivity (Wildman–Crippen MR) is 98.5 cm³/mol. The van der Waals surface area contributed by atoms with Gasteiger partial charge in [-0.1, -0.05) is 13.0 Å². The van der Waals surface area contributed by atoms with Gasteiger partial charge in [0.2, 0.25) is 5.88 Å². The van der Waals surface area contributed by atoms with Crippen LogP contribution in [0.5, 0.6) is 5.88 Å². The lowest BCUT2D eigenvalue weighted by atomic mass is 10.2. The minimum absolute atomic E-state index is 0. The molecular formula is C15H27IN4O. The molecule has 1 atom stereocenters. The number of ether oxygens (including phenoxy) is 1. The van der Waals surface area contributed by atoms with Gasteiger partial charge < -0.3 is 15.4 Å². The molecule has 0 fully saturated rings. The SMILES string of the molecule is CCC(C)NC(=NC)NCc1ccc(OC(C)C)nc1.I. The van der Waals surface area contributed by atoms with E-state index >= 15 is 0 Å². The van der Waals surface area contributed by atoms with Crippen molar-refractivity contribution in [1.82, 2.24) is 15.6 Å². The van der Waals surface area contributed by atoms with Gasteiger partial charge in [0.05, 0.1) is 6.10 Å². The first-order valence-electron chi connectivity index (χ1n) is 7.13. The number of hydrogen-bond acceptors (Lipinski definition) is 3. The average molecular weight is 406 g/mol. The third-order valence-electron chi connectivity index (χ3n) is 2.83. The molecular weight excluding hydrogens is 379 g/mol. The van der Waals surface area contributed by atoms with Crippen molar-refractivity contribution in [3.8, 4) is 5.88 Å². The van der Waals surface area contributed by atoms with E-state index in [0.29, 0.717) is 18.5 Å². The third kappa shape index (κ3) is 8.08. The summed E-state index contributed by atoms with van der Waals surface area (Å²) in [5.41, 5.74) is 1.09. The smallest absolute Gasteiger partial charge is 0.213 e. The summed E-state index contributed by atoms with van der Waals surface area (Å²) in [6, 6.07) is 4.30. The van der Waals surface area contributed by atoms with E-state index in [4.69, 9.17) is 4.74 Å². The highest BCUT2D eigenvalue weighted by atomic mass is 127. The minimum Gasteiger partial charge on any atom is -0.475 e. The summed E-state index contributed by atoms with van der Waals surface area (Å²) in [6.07, 6.45) is 3.02.